The van der Waals surface area contributed by atoms with E-state index in [1.54, 1.807) is 0 Å². The zero-order chi connectivity index (χ0) is 41.4. The van der Waals surface area contributed by atoms with Crippen LogP contribution >= 0.6 is 0 Å². The SMILES string of the molecule is C=C(CCCC)C(=O)C(C)(CC)CC(C)c1ccc(Nn2c3ccccc3c3cc4c5ccccc5n(-c5nc(-c6ccccc6)nc(-c6ccccc6)n5)c4cc32)cc1. The van der Waals surface area contributed by atoms with Crippen LogP contribution in [0.25, 0.3) is 72.3 Å². The lowest BCUT2D eigenvalue weighted by Gasteiger charge is -2.31. The van der Waals surface area contributed by atoms with Gasteiger partial charge >= 0.3 is 0 Å². The number of fused-ring (bicyclic) bond motifs is 6. The van der Waals surface area contributed by atoms with Gasteiger partial charge in [0.25, 0.3) is 0 Å². The van der Waals surface area contributed by atoms with Crippen LogP contribution in [0.4, 0.5) is 5.69 Å². The number of para-hydroxylation sites is 2. The number of nitrogens with zero attached hydrogens (tertiary/aromatic N) is 5. The Balaban J connectivity index is 1.14. The fourth-order valence-electron chi connectivity index (χ4n) is 8.80. The van der Waals surface area contributed by atoms with E-state index < -0.39 is 5.41 Å². The van der Waals surface area contributed by atoms with E-state index in [1.165, 1.54) is 5.56 Å². The van der Waals surface area contributed by atoms with Gasteiger partial charge in [-0.1, -0.05) is 150 Å². The Kier molecular flexibility index (Phi) is 10.3. The Bertz CT molecular complexity index is 2960. The largest absolute Gasteiger partial charge is 0.294 e. The molecule has 2 unspecified atom stereocenters. The minimum absolute atomic E-state index is 0.204. The van der Waals surface area contributed by atoms with Gasteiger partial charge in [-0.15, -0.1) is 0 Å². The molecule has 0 saturated heterocycles. The summed E-state index contributed by atoms with van der Waals surface area (Å²) < 4.78 is 4.37. The van der Waals surface area contributed by atoms with E-state index in [0.717, 1.165) is 98.1 Å². The van der Waals surface area contributed by atoms with Crippen LogP contribution in [0.2, 0.25) is 0 Å². The van der Waals surface area contributed by atoms with Crippen LogP contribution in [0.15, 0.2) is 158 Å². The summed E-state index contributed by atoms with van der Waals surface area (Å²) in [5, 5.41) is 4.55. The number of rotatable bonds is 14. The highest BCUT2D eigenvalue weighted by Gasteiger charge is 2.34. The number of unbranched alkanes of at least 4 members (excludes halogenated alkanes) is 1. The summed E-state index contributed by atoms with van der Waals surface area (Å²) in [6.45, 7) is 12.8. The molecule has 9 rings (SSSR count). The van der Waals surface area contributed by atoms with Crippen molar-refractivity contribution in [2.45, 2.75) is 65.7 Å². The van der Waals surface area contributed by atoms with Crippen LogP contribution in [0.1, 0.15) is 71.3 Å². The molecule has 0 saturated carbocycles. The van der Waals surface area contributed by atoms with Crippen LogP contribution in [0.3, 0.4) is 0 Å². The summed E-state index contributed by atoms with van der Waals surface area (Å²) in [5.41, 5.74) is 12.2. The number of Topliss-reactive ketones (excluding diaryl/α,β-unsaturated/α-hetero) is 1. The lowest BCUT2D eigenvalue weighted by atomic mass is 9.72. The van der Waals surface area contributed by atoms with Gasteiger partial charge in [0.15, 0.2) is 17.4 Å². The molecule has 0 spiro atoms. The molecule has 0 aliphatic heterocycles. The minimum Gasteiger partial charge on any atom is -0.294 e. The van der Waals surface area contributed by atoms with E-state index in [4.69, 9.17) is 15.0 Å². The number of carbonyl (C=O) groups excluding carboxylic acids is 1. The third-order valence-corrected chi connectivity index (χ3v) is 12.3. The van der Waals surface area contributed by atoms with Crippen LogP contribution in [-0.4, -0.2) is 30.0 Å². The highest BCUT2D eigenvalue weighted by molar-refractivity contribution is 6.18. The number of nitrogens with one attached hydrogen (secondary N) is 1. The summed E-state index contributed by atoms with van der Waals surface area (Å²) in [4.78, 5) is 28.9. The van der Waals surface area contributed by atoms with Gasteiger partial charge in [0.1, 0.15) is 0 Å². The van der Waals surface area contributed by atoms with Gasteiger partial charge in [0, 0.05) is 38.1 Å². The van der Waals surface area contributed by atoms with Gasteiger partial charge in [-0.05, 0) is 79.1 Å². The Morgan fingerprint density at radius 3 is 1.85 bits per heavy atom. The Morgan fingerprint density at radius 1 is 0.667 bits per heavy atom. The number of ketones is 1. The van der Waals surface area contributed by atoms with Crippen molar-refractivity contribution in [3.05, 3.63) is 163 Å². The third kappa shape index (κ3) is 7.04. The Morgan fingerprint density at radius 2 is 1.23 bits per heavy atom. The first-order valence-corrected chi connectivity index (χ1v) is 21.2. The van der Waals surface area contributed by atoms with Crippen molar-refractivity contribution in [3.8, 4) is 28.7 Å². The second-order valence-electron chi connectivity index (χ2n) is 16.4. The highest BCUT2D eigenvalue weighted by atomic mass is 16.1. The van der Waals surface area contributed by atoms with Gasteiger partial charge in [-0.2, -0.15) is 9.97 Å². The van der Waals surface area contributed by atoms with Crippen molar-refractivity contribution in [2.75, 3.05) is 5.43 Å². The maximum absolute atomic E-state index is 13.6. The predicted octanol–water partition coefficient (Wildman–Crippen LogP) is 13.5. The zero-order valence-corrected chi connectivity index (χ0v) is 34.8. The van der Waals surface area contributed by atoms with Gasteiger partial charge in [-0.3, -0.25) is 19.5 Å². The topological polar surface area (TPSA) is 77.6 Å². The molecular weight excluding hydrogens is 737 g/mol. The van der Waals surface area contributed by atoms with Crippen LogP contribution in [-0.2, 0) is 4.79 Å². The number of anilines is 1. The van der Waals surface area contributed by atoms with Gasteiger partial charge < -0.3 is 0 Å². The van der Waals surface area contributed by atoms with Crippen LogP contribution < -0.4 is 5.43 Å². The van der Waals surface area contributed by atoms with E-state index in [2.05, 4.69) is 134 Å². The second-order valence-corrected chi connectivity index (χ2v) is 16.4. The standard InChI is InChI=1S/C53H50N6O/c1-6-8-19-35(3)49(60)53(5,7-2)34-36(4)37-28-30-40(31-29-37)57-59-46-27-18-16-25-42(46)44-32-43-41-24-15-17-26-45(41)58(47(43)33-48(44)59)52-55-50(38-20-11-9-12-21-38)54-51(56-52)39-22-13-10-14-23-39/h9-18,20-33,36,57H,3,6-8,19,34H2,1-2,4-5H3. The molecule has 0 bridgehead atoms. The molecule has 298 valence electrons. The predicted molar refractivity (Wildman–Crippen MR) is 249 cm³/mol. The van der Waals surface area contributed by atoms with Crippen molar-refractivity contribution in [1.29, 1.82) is 0 Å². The number of carbonyl (C=O) groups is 1. The van der Waals surface area contributed by atoms with E-state index >= 15 is 0 Å². The molecule has 6 aromatic carbocycles. The molecule has 1 N–H and O–H groups in total. The fourth-order valence-corrected chi connectivity index (χ4v) is 8.80. The lowest BCUT2D eigenvalue weighted by molar-refractivity contribution is -0.125. The number of hydrogen-bond acceptors (Lipinski definition) is 5. The smallest absolute Gasteiger partial charge is 0.238 e. The second kappa shape index (κ2) is 16.1. The van der Waals surface area contributed by atoms with Crippen LogP contribution in [0.5, 0.6) is 0 Å². The maximum atomic E-state index is 13.6. The molecule has 0 aliphatic carbocycles. The molecule has 0 amide bonds. The summed E-state index contributed by atoms with van der Waals surface area (Å²) in [6, 6.07) is 50.5. The zero-order valence-electron chi connectivity index (χ0n) is 34.8. The van der Waals surface area contributed by atoms with Crippen molar-refractivity contribution in [1.82, 2.24) is 24.2 Å². The van der Waals surface area contributed by atoms with E-state index in [1.807, 2.05) is 60.7 Å². The number of allylic oxidation sites excluding steroid dienone is 1. The highest BCUT2D eigenvalue weighted by Crippen LogP contribution is 2.40. The molecule has 9 aromatic rings. The van der Waals surface area contributed by atoms with Crippen LogP contribution in [0, 0.1) is 5.41 Å². The molecule has 7 nitrogen and oxygen atoms in total. The average molecular weight is 787 g/mol. The molecule has 2 atom stereocenters. The number of benzene rings is 6. The quantitative estimate of drug-likeness (QED) is 0.111. The van der Waals surface area contributed by atoms with E-state index in [0.29, 0.717) is 17.6 Å². The average Bonchev–Trinajstić information content (AvgIpc) is 3.79. The first-order chi connectivity index (χ1) is 29.3. The molecule has 3 heterocycles. The monoisotopic (exact) mass is 786 g/mol. The minimum atomic E-state index is -0.439. The van der Waals surface area contributed by atoms with Crippen molar-refractivity contribution in [2.24, 2.45) is 5.41 Å². The summed E-state index contributed by atoms with van der Waals surface area (Å²) in [5.74, 6) is 2.20. The Hall–Kier alpha value is -6.86. The van der Waals surface area contributed by atoms with Gasteiger partial charge in [0.2, 0.25) is 5.95 Å². The Labute approximate surface area is 351 Å². The maximum Gasteiger partial charge on any atom is 0.238 e. The van der Waals surface area contributed by atoms with Gasteiger partial charge in [-0.25, -0.2) is 4.98 Å². The normalized spacial score (nSPS) is 13.2. The number of hydrogen-bond donors (Lipinski definition) is 1. The van der Waals surface area contributed by atoms with Gasteiger partial charge in [0.05, 0.1) is 27.8 Å². The first kappa shape index (κ1) is 38.6. The molecule has 7 heteroatoms. The van der Waals surface area contributed by atoms with Crippen molar-refractivity contribution in [3.63, 3.8) is 0 Å². The summed E-state index contributed by atoms with van der Waals surface area (Å²) >= 11 is 0. The van der Waals surface area contributed by atoms with Crippen molar-refractivity contribution < 1.29 is 4.79 Å². The number of aromatic nitrogens is 5. The fraction of sp³-hybridized carbons (Fsp3) is 0.208. The first-order valence-electron chi connectivity index (χ1n) is 21.2. The lowest BCUT2D eigenvalue weighted by Crippen LogP contribution is -2.30. The molecule has 0 radical (unpaired) electrons. The van der Waals surface area contributed by atoms with Crippen molar-refractivity contribution >= 4 is 55.1 Å². The molecule has 0 fully saturated rings. The third-order valence-electron chi connectivity index (χ3n) is 12.3. The molecule has 0 aliphatic rings. The summed E-state index contributed by atoms with van der Waals surface area (Å²) in [7, 11) is 0. The molecule has 60 heavy (non-hydrogen) atoms. The van der Waals surface area contributed by atoms with E-state index in [-0.39, 0.29) is 11.7 Å². The summed E-state index contributed by atoms with van der Waals surface area (Å²) in [6.07, 6.45) is 4.40. The van der Waals surface area contributed by atoms with E-state index in [9.17, 15) is 4.79 Å². The molecular formula is C53H50N6O. The molecule has 3 aromatic heterocycles.